The number of ether oxygens (including phenoxy) is 1. The van der Waals surface area contributed by atoms with E-state index in [0.717, 1.165) is 19.3 Å². The highest BCUT2D eigenvalue weighted by molar-refractivity contribution is 7.93. The van der Waals surface area contributed by atoms with Gasteiger partial charge in [-0.1, -0.05) is 119 Å². The number of aromatic nitrogens is 2. The molecule has 11 nitrogen and oxygen atoms in total. The maximum Gasteiger partial charge on any atom is 0.266 e. The van der Waals surface area contributed by atoms with Crippen LogP contribution in [-0.4, -0.2) is 39.5 Å². The number of unbranched alkanes of at least 4 members (excludes halogenated alkanes) is 9. The van der Waals surface area contributed by atoms with Gasteiger partial charge in [-0.25, -0.2) is 21.6 Å². The van der Waals surface area contributed by atoms with Gasteiger partial charge in [-0.05, 0) is 36.2 Å². The second kappa shape index (κ2) is 18.1. The molecule has 5 rings (SSSR count). The fourth-order valence-electron chi connectivity index (χ4n) is 5.87. The van der Waals surface area contributed by atoms with Crippen LogP contribution in [0.1, 0.15) is 71.1 Å². The predicted molar refractivity (Wildman–Crippen MR) is 203 cm³/mol. The van der Waals surface area contributed by atoms with Crippen LogP contribution in [0.25, 0.3) is 16.8 Å². The van der Waals surface area contributed by atoms with Crippen molar-refractivity contribution < 1.29 is 21.6 Å². The summed E-state index contributed by atoms with van der Waals surface area (Å²) >= 11 is 0. The highest BCUT2D eigenvalue weighted by Crippen LogP contribution is 2.33. The topological polar surface area (TPSA) is 151 Å². The number of anilines is 2. The molecule has 0 aliphatic rings. The van der Waals surface area contributed by atoms with Crippen LogP contribution in [0, 0.1) is 0 Å². The van der Waals surface area contributed by atoms with Gasteiger partial charge in [0.05, 0.1) is 4.90 Å². The minimum Gasteiger partial charge on any atom is -0.473 e. The summed E-state index contributed by atoms with van der Waals surface area (Å²) in [5, 5.41) is 2.97. The Morgan fingerprint density at radius 2 is 1.37 bits per heavy atom. The van der Waals surface area contributed by atoms with Crippen molar-refractivity contribution in [3.8, 4) is 16.9 Å². The smallest absolute Gasteiger partial charge is 0.266 e. The third kappa shape index (κ3) is 10.5. The second-order valence-corrected chi connectivity index (χ2v) is 15.9. The van der Waals surface area contributed by atoms with Gasteiger partial charge in [-0.15, -0.1) is 0 Å². The molecule has 0 amide bonds. The lowest BCUT2D eigenvalue weighted by molar-refractivity contribution is 0.345. The summed E-state index contributed by atoms with van der Waals surface area (Å²) in [6, 6.07) is 24.9. The molecule has 0 aliphatic carbocycles. The van der Waals surface area contributed by atoms with E-state index in [1.165, 1.54) is 73.7 Å². The Bertz CT molecular complexity index is 2130. The van der Waals surface area contributed by atoms with Crippen LogP contribution in [0.5, 0.6) is 5.75 Å². The number of sulfonamides is 2. The zero-order valence-electron chi connectivity index (χ0n) is 28.9. The summed E-state index contributed by atoms with van der Waals surface area (Å²) in [5.41, 5.74) is 0.938. The Hall–Kier alpha value is -4.59. The average Bonchev–Trinajstić information content (AvgIpc) is 3.53. The van der Waals surface area contributed by atoms with E-state index in [2.05, 4.69) is 26.7 Å². The standard InChI is InChI=1S/C38H47N5O6S2/c1-2-3-4-5-6-7-8-9-10-17-25-40-50(45,46)33-24-18-23-32(26-33)49-29-39-35-27-36(44)43-28-34(30-19-13-11-14-20-30)37(38(43)41-35)51(47,48)42-31-21-15-12-16-22-31/h11-16,18-24,26-28,39-42H,2-10,17,25,29H2,1H3. The summed E-state index contributed by atoms with van der Waals surface area (Å²) < 4.78 is 65.9. The molecule has 2 aromatic heterocycles. The maximum atomic E-state index is 13.8. The average molecular weight is 734 g/mol. The van der Waals surface area contributed by atoms with Crippen LogP contribution in [0.15, 0.2) is 112 Å². The Balaban J connectivity index is 1.22. The van der Waals surface area contributed by atoms with Crippen molar-refractivity contribution in [1.29, 1.82) is 0 Å². The Labute approximate surface area is 300 Å². The number of hydrogen-bond acceptors (Lipinski definition) is 7. The minimum absolute atomic E-state index is 0.0638. The van der Waals surface area contributed by atoms with Crippen LogP contribution in [-0.2, 0) is 20.0 Å². The molecule has 4 N–H and O–H groups in total. The first kappa shape index (κ1) is 37.7. The van der Waals surface area contributed by atoms with Crippen LogP contribution in [0.3, 0.4) is 0 Å². The van der Waals surface area contributed by atoms with Gasteiger partial charge < -0.3 is 15.0 Å². The molecule has 272 valence electrons. The normalized spacial score (nSPS) is 11.9. The molecular weight excluding hydrogens is 687 g/mol. The van der Waals surface area contributed by atoms with E-state index in [1.54, 1.807) is 66.7 Å². The molecule has 0 unspecified atom stereocenters. The number of H-pyrrole nitrogens is 1. The summed E-state index contributed by atoms with van der Waals surface area (Å²) in [6.07, 6.45) is 13.2. The molecule has 51 heavy (non-hydrogen) atoms. The molecule has 0 atom stereocenters. The Kier molecular flexibility index (Phi) is 13.3. The third-order valence-corrected chi connectivity index (χ3v) is 11.5. The SMILES string of the molecule is CCCCCCCCCCCCNS(=O)(=O)c1cccc(OCNc2cc(=O)n3cc(-c4ccccc4)c(S(=O)(=O)Nc4ccccc4)c3[nH]2)c1. The molecule has 0 spiro atoms. The van der Waals surface area contributed by atoms with Gasteiger partial charge in [0.2, 0.25) is 10.0 Å². The van der Waals surface area contributed by atoms with Gasteiger partial charge in [0.1, 0.15) is 22.1 Å². The van der Waals surface area contributed by atoms with Crippen molar-refractivity contribution in [3.63, 3.8) is 0 Å². The molecule has 0 saturated carbocycles. The van der Waals surface area contributed by atoms with Gasteiger partial charge in [0.15, 0.2) is 6.73 Å². The van der Waals surface area contributed by atoms with E-state index < -0.39 is 25.6 Å². The van der Waals surface area contributed by atoms with Crippen LogP contribution < -0.4 is 25.1 Å². The second-order valence-electron chi connectivity index (χ2n) is 12.5. The van der Waals surface area contributed by atoms with Gasteiger partial charge in [0.25, 0.3) is 15.6 Å². The van der Waals surface area contributed by atoms with Gasteiger partial charge in [0, 0.05) is 36.1 Å². The van der Waals surface area contributed by atoms with Crippen molar-refractivity contribution >= 4 is 37.2 Å². The fourth-order valence-corrected chi connectivity index (χ4v) is 8.39. The number of para-hydroxylation sites is 1. The van der Waals surface area contributed by atoms with Crippen LogP contribution >= 0.6 is 0 Å². The lowest BCUT2D eigenvalue weighted by Crippen LogP contribution is -2.24. The number of rotatable bonds is 21. The summed E-state index contributed by atoms with van der Waals surface area (Å²) in [7, 11) is -7.90. The van der Waals surface area contributed by atoms with E-state index in [-0.39, 0.29) is 28.0 Å². The van der Waals surface area contributed by atoms with Crippen LogP contribution in [0.2, 0.25) is 0 Å². The maximum absolute atomic E-state index is 13.8. The van der Waals surface area contributed by atoms with Gasteiger partial charge >= 0.3 is 0 Å². The first-order chi connectivity index (χ1) is 24.7. The van der Waals surface area contributed by atoms with E-state index >= 15 is 0 Å². The zero-order chi connectivity index (χ0) is 36.1. The summed E-state index contributed by atoms with van der Waals surface area (Å²) in [5.74, 6) is 0.514. The molecular formula is C38H47N5O6S2. The molecule has 0 aliphatic heterocycles. The quantitative estimate of drug-likeness (QED) is 0.0445. The first-order valence-electron chi connectivity index (χ1n) is 17.6. The summed E-state index contributed by atoms with van der Waals surface area (Å²) in [6.45, 7) is 2.45. The lowest BCUT2D eigenvalue weighted by atomic mass is 10.1. The van der Waals surface area contributed by atoms with Gasteiger partial charge in [-0.3, -0.25) is 13.9 Å². The van der Waals surface area contributed by atoms with Crippen molar-refractivity contribution in [2.24, 2.45) is 0 Å². The monoisotopic (exact) mass is 733 g/mol. The number of nitrogens with zero attached hydrogens (tertiary/aromatic N) is 1. The molecule has 2 heterocycles. The number of aromatic amines is 1. The van der Waals surface area contributed by atoms with Crippen molar-refractivity contribution in [1.82, 2.24) is 14.1 Å². The van der Waals surface area contributed by atoms with E-state index in [1.807, 2.05) is 6.07 Å². The largest absolute Gasteiger partial charge is 0.473 e. The molecule has 13 heteroatoms. The predicted octanol–water partition coefficient (Wildman–Crippen LogP) is 7.74. The van der Waals surface area contributed by atoms with E-state index in [0.29, 0.717) is 29.1 Å². The van der Waals surface area contributed by atoms with E-state index in [9.17, 15) is 21.6 Å². The summed E-state index contributed by atoms with van der Waals surface area (Å²) in [4.78, 5) is 16.3. The molecule has 0 fully saturated rings. The van der Waals surface area contributed by atoms with Crippen LogP contribution in [0.4, 0.5) is 11.5 Å². The molecule has 5 aromatic rings. The molecule has 0 bridgehead atoms. The van der Waals surface area contributed by atoms with Crippen molar-refractivity contribution in [3.05, 3.63) is 108 Å². The Morgan fingerprint density at radius 1 is 0.725 bits per heavy atom. The highest BCUT2D eigenvalue weighted by atomic mass is 32.2. The fraction of sp³-hybridized carbons (Fsp3) is 0.342. The number of benzene rings is 3. The number of fused-ring (bicyclic) bond motifs is 1. The lowest BCUT2D eigenvalue weighted by Gasteiger charge is -2.12. The first-order valence-corrected chi connectivity index (χ1v) is 20.5. The zero-order valence-corrected chi connectivity index (χ0v) is 30.6. The minimum atomic E-state index is -4.17. The van der Waals surface area contributed by atoms with Gasteiger partial charge in [-0.2, -0.15) is 0 Å². The molecule has 0 saturated heterocycles. The Morgan fingerprint density at radius 3 is 2.06 bits per heavy atom. The highest BCUT2D eigenvalue weighted by Gasteiger charge is 2.27. The van der Waals surface area contributed by atoms with Crippen molar-refractivity contribution in [2.45, 2.75) is 80.9 Å². The van der Waals surface area contributed by atoms with Crippen molar-refractivity contribution in [2.75, 3.05) is 23.3 Å². The number of hydrogen-bond donors (Lipinski definition) is 4. The number of nitrogens with one attached hydrogen (secondary N) is 4. The van der Waals surface area contributed by atoms with E-state index in [4.69, 9.17) is 4.74 Å². The molecule has 3 aromatic carbocycles. The molecule has 0 radical (unpaired) electrons. The third-order valence-electron chi connectivity index (χ3n) is 8.54.